The molecule has 3 rings (SSSR count). The Bertz CT molecular complexity index is 487. The maximum Gasteiger partial charge on any atom is 0.417 e. The lowest BCUT2D eigenvalue weighted by molar-refractivity contribution is -0.137. The van der Waals surface area contributed by atoms with E-state index in [9.17, 15) is 13.2 Å². The van der Waals surface area contributed by atoms with Crippen LogP contribution in [0.4, 0.5) is 19.0 Å². The lowest BCUT2D eigenvalue weighted by Gasteiger charge is -2.44. The molecule has 19 heavy (non-hydrogen) atoms. The topological polar surface area (TPSA) is 19.4 Å². The first kappa shape index (κ1) is 12.7. The molecular formula is C13H16F3N3. The zero-order valence-electron chi connectivity index (χ0n) is 10.7. The van der Waals surface area contributed by atoms with Gasteiger partial charge in [-0.25, -0.2) is 4.98 Å². The maximum atomic E-state index is 12.7. The number of piperazine rings is 1. The molecule has 0 saturated carbocycles. The van der Waals surface area contributed by atoms with Crippen LogP contribution in [-0.2, 0) is 12.6 Å². The average molecular weight is 271 g/mol. The molecule has 1 saturated heterocycles. The van der Waals surface area contributed by atoms with Crippen molar-refractivity contribution in [2.45, 2.75) is 25.1 Å². The van der Waals surface area contributed by atoms with Crippen LogP contribution in [0.3, 0.4) is 0 Å². The molecule has 1 atom stereocenters. The van der Waals surface area contributed by atoms with Crippen molar-refractivity contribution >= 4 is 5.82 Å². The molecule has 1 fully saturated rings. The van der Waals surface area contributed by atoms with Crippen LogP contribution in [-0.4, -0.2) is 42.6 Å². The number of anilines is 1. The van der Waals surface area contributed by atoms with Gasteiger partial charge in [-0.15, -0.1) is 0 Å². The number of hydrogen-bond acceptors (Lipinski definition) is 3. The first-order valence-electron chi connectivity index (χ1n) is 6.46. The van der Waals surface area contributed by atoms with Crippen LogP contribution in [0.25, 0.3) is 0 Å². The lowest BCUT2D eigenvalue weighted by Crippen LogP contribution is -2.54. The number of halogens is 3. The minimum absolute atomic E-state index is 0.385. The summed E-state index contributed by atoms with van der Waals surface area (Å²) in [5.74, 6) is 0.748. The van der Waals surface area contributed by atoms with E-state index in [4.69, 9.17) is 0 Å². The highest BCUT2D eigenvalue weighted by atomic mass is 19.4. The van der Waals surface area contributed by atoms with E-state index < -0.39 is 11.7 Å². The molecule has 1 aromatic heterocycles. The van der Waals surface area contributed by atoms with Crippen molar-refractivity contribution in [1.29, 1.82) is 0 Å². The van der Waals surface area contributed by atoms with Crippen LogP contribution >= 0.6 is 0 Å². The highest BCUT2D eigenvalue weighted by molar-refractivity contribution is 5.52. The van der Waals surface area contributed by atoms with Crippen molar-refractivity contribution in [3.05, 3.63) is 23.4 Å². The van der Waals surface area contributed by atoms with E-state index >= 15 is 0 Å². The molecular weight excluding hydrogens is 255 g/mol. The van der Waals surface area contributed by atoms with Crippen molar-refractivity contribution in [3.63, 3.8) is 0 Å². The van der Waals surface area contributed by atoms with Crippen LogP contribution in [0.15, 0.2) is 12.3 Å². The highest BCUT2D eigenvalue weighted by Gasteiger charge is 2.35. The Hall–Kier alpha value is -1.30. The molecule has 0 aliphatic carbocycles. The summed E-state index contributed by atoms with van der Waals surface area (Å²) in [6.07, 6.45) is -1.76. The second-order valence-corrected chi connectivity index (χ2v) is 5.35. The lowest BCUT2D eigenvalue weighted by atomic mass is 9.95. The van der Waals surface area contributed by atoms with Crippen LogP contribution in [0.5, 0.6) is 0 Å². The quantitative estimate of drug-likeness (QED) is 0.721. The molecule has 0 unspecified atom stereocenters. The molecule has 104 valence electrons. The van der Waals surface area contributed by atoms with Crippen LogP contribution in [0, 0.1) is 0 Å². The van der Waals surface area contributed by atoms with Gasteiger partial charge in [0.1, 0.15) is 5.82 Å². The summed E-state index contributed by atoms with van der Waals surface area (Å²) >= 11 is 0. The maximum absolute atomic E-state index is 12.7. The molecule has 2 aliphatic heterocycles. The predicted octanol–water partition coefficient (Wildman–Crippen LogP) is 2.17. The number of hydrogen-bond donors (Lipinski definition) is 0. The van der Waals surface area contributed by atoms with Gasteiger partial charge in [0.2, 0.25) is 0 Å². The number of aryl methyl sites for hydroxylation is 1. The van der Waals surface area contributed by atoms with Crippen molar-refractivity contribution in [2.75, 3.05) is 31.6 Å². The van der Waals surface area contributed by atoms with Crippen molar-refractivity contribution in [2.24, 2.45) is 0 Å². The zero-order chi connectivity index (χ0) is 13.6. The van der Waals surface area contributed by atoms with E-state index in [-0.39, 0.29) is 0 Å². The molecule has 0 N–H and O–H groups in total. The monoisotopic (exact) mass is 271 g/mol. The predicted molar refractivity (Wildman–Crippen MR) is 66.2 cm³/mol. The summed E-state index contributed by atoms with van der Waals surface area (Å²) in [5.41, 5.74) is 0.0921. The fourth-order valence-corrected chi connectivity index (χ4v) is 2.96. The summed E-state index contributed by atoms with van der Waals surface area (Å²) in [5, 5.41) is 0. The van der Waals surface area contributed by atoms with Gasteiger partial charge in [0, 0.05) is 31.9 Å². The number of nitrogens with zero attached hydrogens (tertiary/aromatic N) is 3. The molecule has 0 radical (unpaired) electrons. The number of rotatable bonds is 0. The van der Waals surface area contributed by atoms with Crippen LogP contribution in [0.2, 0.25) is 0 Å². The smallest absolute Gasteiger partial charge is 0.351 e. The number of aromatic nitrogens is 1. The molecule has 3 nitrogen and oxygen atoms in total. The SMILES string of the molecule is CN1CCN2c3ncc(C(F)(F)F)cc3CC[C@H]2C1. The Balaban J connectivity index is 1.93. The Morgan fingerprint density at radius 3 is 2.84 bits per heavy atom. The van der Waals surface area contributed by atoms with Gasteiger partial charge >= 0.3 is 6.18 Å². The average Bonchev–Trinajstić information content (AvgIpc) is 2.36. The van der Waals surface area contributed by atoms with E-state index in [1.54, 1.807) is 0 Å². The standard InChI is InChI=1S/C13H16F3N3/c1-18-4-5-19-11(8-18)3-2-9-6-10(13(14,15)16)7-17-12(9)19/h6-7,11H,2-5,8H2,1H3/t11-/m0/s1. The van der Waals surface area contributed by atoms with Gasteiger partial charge in [0.15, 0.2) is 0 Å². The van der Waals surface area contributed by atoms with Crippen molar-refractivity contribution in [3.8, 4) is 0 Å². The molecule has 1 aromatic rings. The van der Waals surface area contributed by atoms with E-state index in [0.29, 0.717) is 12.5 Å². The van der Waals surface area contributed by atoms with Gasteiger partial charge in [-0.3, -0.25) is 0 Å². The normalized spacial score (nSPS) is 24.0. The van der Waals surface area contributed by atoms with E-state index in [1.807, 2.05) is 0 Å². The van der Waals surface area contributed by atoms with Crippen molar-refractivity contribution < 1.29 is 13.2 Å². The molecule has 6 heteroatoms. The van der Waals surface area contributed by atoms with Crippen LogP contribution in [0.1, 0.15) is 17.5 Å². The second-order valence-electron chi connectivity index (χ2n) is 5.35. The molecule has 0 spiro atoms. The van der Waals surface area contributed by atoms with E-state index in [2.05, 4.69) is 21.8 Å². The second kappa shape index (κ2) is 4.37. The van der Waals surface area contributed by atoms with Gasteiger partial charge in [-0.05, 0) is 31.5 Å². The van der Waals surface area contributed by atoms with E-state index in [1.165, 1.54) is 6.07 Å². The summed E-state index contributed by atoms with van der Waals surface area (Å²) in [6, 6.07) is 1.65. The third-order valence-electron chi connectivity index (χ3n) is 3.97. The Labute approximate surface area is 110 Å². The number of alkyl halides is 3. The fraction of sp³-hybridized carbons (Fsp3) is 0.615. The number of likely N-dealkylation sites (N-methyl/N-ethyl adjacent to an activating group) is 1. The molecule has 0 amide bonds. The molecule has 0 bridgehead atoms. The minimum atomic E-state index is -4.30. The third-order valence-corrected chi connectivity index (χ3v) is 3.97. The minimum Gasteiger partial charge on any atom is -0.351 e. The Kier molecular flexibility index (Phi) is 2.92. The fourth-order valence-electron chi connectivity index (χ4n) is 2.96. The Morgan fingerprint density at radius 1 is 1.32 bits per heavy atom. The highest BCUT2D eigenvalue weighted by Crippen LogP contribution is 2.35. The third kappa shape index (κ3) is 2.29. The summed E-state index contributed by atoms with van der Waals surface area (Å²) in [4.78, 5) is 8.51. The summed E-state index contributed by atoms with van der Waals surface area (Å²) in [6.45, 7) is 2.73. The molecule has 0 aromatic carbocycles. The zero-order valence-corrected chi connectivity index (χ0v) is 10.7. The molecule has 2 aliphatic rings. The van der Waals surface area contributed by atoms with Gasteiger partial charge in [-0.1, -0.05) is 0 Å². The number of pyridine rings is 1. The van der Waals surface area contributed by atoms with Gasteiger partial charge < -0.3 is 9.80 Å². The largest absolute Gasteiger partial charge is 0.417 e. The van der Waals surface area contributed by atoms with Gasteiger partial charge in [0.25, 0.3) is 0 Å². The Morgan fingerprint density at radius 2 is 2.11 bits per heavy atom. The first-order valence-corrected chi connectivity index (χ1v) is 6.46. The summed E-state index contributed by atoms with van der Waals surface area (Å²) < 4.78 is 38.0. The van der Waals surface area contributed by atoms with Crippen LogP contribution < -0.4 is 4.90 Å². The van der Waals surface area contributed by atoms with Crippen molar-refractivity contribution in [1.82, 2.24) is 9.88 Å². The number of fused-ring (bicyclic) bond motifs is 3. The van der Waals surface area contributed by atoms with Gasteiger partial charge in [0.05, 0.1) is 5.56 Å². The van der Waals surface area contributed by atoms with E-state index in [0.717, 1.165) is 43.6 Å². The summed E-state index contributed by atoms with van der Waals surface area (Å²) in [7, 11) is 2.08. The first-order chi connectivity index (χ1) is 8.95. The van der Waals surface area contributed by atoms with Gasteiger partial charge in [-0.2, -0.15) is 13.2 Å². The molecule has 3 heterocycles.